The van der Waals surface area contributed by atoms with Crippen LogP contribution in [0, 0.1) is 5.41 Å². The van der Waals surface area contributed by atoms with E-state index < -0.39 is 0 Å². The zero-order valence-corrected chi connectivity index (χ0v) is 8.12. The first-order valence-corrected chi connectivity index (χ1v) is 5.18. The van der Waals surface area contributed by atoms with Crippen LogP contribution in [0.4, 0.5) is 0 Å². The van der Waals surface area contributed by atoms with Crippen LogP contribution in [-0.2, 0) is 0 Å². The van der Waals surface area contributed by atoms with Crippen LogP contribution >= 0.6 is 8.58 Å². The lowest BCUT2D eigenvalue weighted by atomic mass is 10.0. The summed E-state index contributed by atoms with van der Waals surface area (Å²) in [4.78, 5) is 0. The number of hydrogen-bond donors (Lipinski definition) is 0. The lowest BCUT2D eigenvalue weighted by Crippen LogP contribution is -2.07. The SMILES string of the molecule is CCCPCC(C)(C)C. The molecule has 0 nitrogen and oxygen atoms in total. The molecule has 0 aliphatic rings. The predicted octanol–water partition coefficient (Wildman–Crippen LogP) is 3.12. The summed E-state index contributed by atoms with van der Waals surface area (Å²) >= 11 is 0. The van der Waals surface area contributed by atoms with Crippen molar-refractivity contribution in [2.24, 2.45) is 5.41 Å². The molecule has 0 radical (unpaired) electrons. The fourth-order valence-corrected chi connectivity index (χ4v) is 1.92. The van der Waals surface area contributed by atoms with Gasteiger partial charge in [0.2, 0.25) is 0 Å². The van der Waals surface area contributed by atoms with Crippen LogP contribution in [0.2, 0.25) is 0 Å². The van der Waals surface area contributed by atoms with Crippen molar-refractivity contribution in [3.8, 4) is 0 Å². The Bertz CT molecular complexity index is 61.5. The molecule has 0 fully saturated rings. The molecule has 0 aromatic heterocycles. The van der Waals surface area contributed by atoms with Gasteiger partial charge in [-0.05, 0) is 17.7 Å². The Morgan fingerprint density at radius 2 is 1.78 bits per heavy atom. The van der Waals surface area contributed by atoms with Crippen LogP contribution < -0.4 is 0 Å². The monoisotopic (exact) mass is 146 g/mol. The van der Waals surface area contributed by atoms with E-state index in [1.807, 2.05) is 0 Å². The van der Waals surface area contributed by atoms with Crippen molar-refractivity contribution in [2.45, 2.75) is 34.1 Å². The molecular formula is C8H19P. The van der Waals surface area contributed by atoms with E-state index >= 15 is 0 Å². The summed E-state index contributed by atoms with van der Waals surface area (Å²) in [7, 11) is 1.18. The summed E-state index contributed by atoms with van der Waals surface area (Å²) in [6.45, 7) is 9.20. The van der Waals surface area contributed by atoms with Crippen molar-refractivity contribution in [3.05, 3.63) is 0 Å². The van der Waals surface area contributed by atoms with Crippen LogP contribution in [0.3, 0.4) is 0 Å². The van der Waals surface area contributed by atoms with E-state index in [4.69, 9.17) is 0 Å². The van der Waals surface area contributed by atoms with Crippen molar-refractivity contribution in [2.75, 3.05) is 12.3 Å². The summed E-state index contributed by atoms with van der Waals surface area (Å²) in [6.07, 6.45) is 4.19. The lowest BCUT2D eigenvalue weighted by Gasteiger charge is -2.16. The molecular weight excluding hydrogens is 127 g/mol. The first-order valence-electron chi connectivity index (χ1n) is 3.77. The molecule has 56 valence electrons. The molecule has 0 spiro atoms. The molecule has 0 rings (SSSR count). The average molecular weight is 146 g/mol. The Balaban J connectivity index is 3.07. The molecule has 1 heteroatoms. The van der Waals surface area contributed by atoms with E-state index in [-0.39, 0.29) is 0 Å². The highest BCUT2D eigenvalue weighted by Crippen LogP contribution is 2.24. The smallest absolute Gasteiger partial charge is 0.0304 e. The summed E-state index contributed by atoms with van der Waals surface area (Å²) < 4.78 is 0. The molecule has 0 aromatic rings. The second-order valence-corrected chi connectivity index (χ2v) is 5.09. The highest BCUT2D eigenvalue weighted by atomic mass is 31.1. The van der Waals surface area contributed by atoms with Gasteiger partial charge in [-0.25, -0.2) is 0 Å². The van der Waals surface area contributed by atoms with Gasteiger partial charge in [0.1, 0.15) is 0 Å². The van der Waals surface area contributed by atoms with E-state index in [0.717, 1.165) is 0 Å². The van der Waals surface area contributed by atoms with Gasteiger partial charge in [0.25, 0.3) is 0 Å². The Morgan fingerprint density at radius 1 is 1.22 bits per heavy atom. The third-order valence-corrected chi connectivity index (χ3v) is 3.25. The molecule has 0 saturated heterocycles. The van der Waals surface area contributed by atoms with E-state index in [9.17, 15) is 0 Å². The lowest BCUT2D eigenvalue weighted by molar-refractivity contribution is 0.478. The molecule has 0 aromatic carbocycles. The van der Waals surface area contributed by atoms with Gasteiger partial charge < -0.3 is 0 Å². The summed E-state index contributed by atoms with van der Waals surface area (Å²) in [5, 5.41) is 0. The van der Waals surface area contributed by atoms with E-state index in [1.165, 1.54) is 27.3 Å². The van der Waals surface area contributed by atoms with Crippen molar-refractivity contribution >= 4 is 8.58 Å². The van der Waals surface area contributed by atoms with E-state index in [0.29, 0.717) is 5.41 Å². The zero-order valence-electron chi connectivity index (χ0n) is 7.12. The third kappa shape index (κ3) is 8.43. The van der Waals surface area contributed by atoms with Gasteiger partial charge in [-0.1, -0.05) is 34.1 Å². The molecule has 0 N–H and O–H groups in total. The van der Waals surface area contributed by atoms with Crippen molar-refractivity contribution in [3.63, 3.8) is 0 Å². The Labute approximate surface area is 61.2 Å². The summed E-state index contributed by atoms with van der Waals surface area (Å²) in [6, 6.07) is 0. The maximum atomic E-state index is 2.32. The molecule has 1 unspecified atom stereocenters. The standard InChI is InChI=1S/C8H19P/c1-5-6-9-7-8(2,3)4/h9H,5-7H2,1-4H3. The molecule has 0 aliphatic heterocycles. The first kappa shape index (κ1) is 9.43. The second kappa shape index (κ2) is 4.28. The quantitative estimate of drug-likeness (QED) is 0.424. The Hall–Kier alpha value is 0.430. The van der Waals surface area contributed by atoms with Crippen molar-refractivity contribution in [1.29, 1.82) is 0 Å². The maximum absolute atomic E-state index is 2.32. The van der Waals surface area contributed by atoms with Gasteiger partial charge in [-0.2, -0.15) is 0 Å². The topological polar surface area (TPSA) is 0 Å². The van der Waals surface area contributed by atoms with E-state index in [2.05, 4.69) is 27.7 Å². The first-order chi connectivity index (χ1) is 4.06. The van der Waals surface area contributed by atoms with Gasteiger partial charge in [-0.3, -0.25) is 0 Å². The zero-order chi connectivity index (χ0) is 7.33. The molecule has 1 atom stereocenters. The number of hydrogen-bond acceptors (Lipinski definition) is 0. The molecule has 0 amide bonds. The van der Waals surface area contributed by atoms with Gasteiger partial charge in [-0.15, -0.1) is 8.58 Å². The van der Waals surface area contributed by atoms with Gasteiger partial charge in [0, 0.05) is 0 Å². The number of rotatable bonds is 3. The van der Waals surface area contributed by atoms with Crippen LogP contribution in [0.5, 0.6) is 0 Å². The molecule has 9 heavy (non-hydrogen) atoms. The van der Waals surface area contributed by atoms with E-state index in [1.54, 1.807) is 0 Å². The molecule has 0 saturated carbocycles. The maximum Gasteiger partial charge on any atom is -0.0304 e. The Kier molecular flexibility index (Phi) is 4.48. The minimum absolute atomic E-state index is 0.563. The largest absolute Gasteiger partial charge is 0.122 e. The fourth-order valence-electron chi connectivity index (χ4n) is 0.640. The van der Waals surface area contributed by atoms with Crippen LogP contribution in [0.15, 0.2) is 0 Å². The van der Waals surface area contributed by atoms with Crippen molar-refractivity contribution < 1.29 is 0 Å². The molecule has 0 bridgehead atoms. The summed E-state index contributed by atoms with van der Waals surface area (Å²) in [5.41, 5.74) is 0.563. The Morgan fingerprint density at radius 3 is 2.11 bits per heavy atom. The minimum atomic E-state index is 0.563. The van der Waals surface area contributed by atoms with Crippen LogP contribution in [0.1, 0.15) is 34.1 Å². The van der Waals surface area contributed by atoms with Crippen molar-refractivity contribution in [1.82, 2.24) is 0 Å². The highest BCUT2D eigenvalue weighted by molar-refractivity contribution is 7.38. The molecule has 0 heterocycles. The predicted molar refractivity (Wildman–Crippen MR) is 47.8 cm³/mol. The van der Waals surface area contributed by atoms with Gasteiger partial charge >= 0.3 is 0 Å². The fraction of sp³-hybridized carbons (Fsp3) is 1.00. The van der Waals surface area contributed by atoms with Crippen LogP contribution in [0.25, 0.3) is 0 Å². The third-order valence-electron chi connectivity index (χ3n) is 1.08. The molecule has 0 aliphatic carbocycles. The highest BCUT2D eigenvalue weighted by Gasteiger charge is 2.07. The second-order valence-electron chi connectivity index (χ2n) is 3.74. The average Bonchev–Trinajstić information content (AvgIpc) is 1.63. The van der Waals surface area contributed by atoms with Gasteiger partial charge in [0.05, 0.1) is 0 Å². The summed E-state index contributed by atoms with van der Waals surface area (Å²) in [5.74, 6) is 0. The van der Waals surface area contributed by atoms with Gasteiger partial charge in [0.15, 0.2) is 0 Å². The minimum Gasteiger partial charge on any atom is -0.122 e. The normalized spacial score (nSPS) is 13.3. The van der Waals surface area contributed by atoms with Crippen LogP contribution in [-0.4, -0.2) is 12.3 Å².